The van der Waals surface area contributed by atoms with Crippen LogP contribution < -0.4 is 0 Å². The maximum atomic E-state index is 11.1. The average molecular weight is 379 g/mol. The van der Waals surface area contributed by atoms with Crippen molar-refractivity contribution >= 4 is 28.9 Å². The number of carbonyl (C=O) groups is 1. The fourth-order valence-electron chi connectivity index (χ4n) is 3.24. The van der Waals surface area contributed by atoms with Crippen molar-refractivity contribution in [3.8, 4) is 0 Å². The molecule has 6 heteroatoms. The van der Waals surface area contributed by atoms with Gasteiger partial charge in [-0.05, 0) is 43.0 Å². The van der Waals surface area contributed by atoms with Crippen LogP contribution in [0.1, 0.15) is 65.1 Å². The minimum absolute atomic E-state index is 0.158. The molecule has 3 rings (SSSR count). The Labute approximate surface area is 157 Å². The summed E-state index contributed by atoms with van der Waals surface area (Å²) >= 11 is 7.87. The van der Waals surface area contributed by atoms with E-state index in [0.717, 1.165) is 31.6 Å². The molecule has 1 aromatic carbocycles. The fraction of sp³-hybridized carbons (Fsp3) is 0.474. The number of piperidine rings is 1. The van der Waals surface area contributed by atoms with E-state index < -0.39 is 5.97 Å². The van der Waals surface area contributed by atoms with Gasteiger partial charge in [0.1, 0.15) is 0 Å². The number of halogens is 1. The molecule has 25 heavy (non-hydrogen) atoms. The summed E-state index contributed by atoms with van der Waals surface area (Å²) in [5.74, 6) is -0.0288. The molecule has 0 bridgehead atoms. The van der Waals surface area contributed by atoms with E-state index >= 15 is 0 Å². The highest BCUT2D eigenvalue weighted by Crippen LogP contribution is 2.31. The zero-order valence-corrected chi connectivity index (χ0v) is 16.1. The second kappa shape index (κ2) is 7.85. The average Bonchev–Trinajstić information content (AvgIpc) is 3.05. The lowest BCUT2D eigenvalue weighted by Gasteiger charge is -2.31. The second-order valence-electron chi connectivity index (χ2n) is 6.96. The van der Waals surface area contributed by atoms with Crippen LogP contribution in [0, 0.1) is 0 Å². The number of thiazole rings is 1. The van der Waals surface area contributed by atoms with Gasteiger partial charge in [-0.3, -0.25) is 4.90 Å². The SMILES string of the molecule is CC(C)c1csc(C2CCCN(Cc3ccc(C(=O)O)c(Cl)c3)C2)n1. The van der Waals surface area contributed by atoms with Crippen LogP contribution >= 0.6 is 22.9 Å². The topological polar surface area (TPSA) is 53.4 Å². The van der Waals surface area contributed by atoms with Crippen molar-refractivity contribution in [3.05, 3.63) is 50.4 Å². The summed E-state index contributed by atoms with van der Waals surface area (Å²) in [6, 6.07) is 5.23. The maximum absolute atomic E-state index is 11.1. The van der Waals surface area contributed by atoms with Crippen molar-refractivity contribution in [2.45, 2.75) is 45.1 Å². The molecule has 1 aliphatic heterocycles. The molecule has 0 amide bonds. The third kappa shape index (κ3) is 4.40. The third-order valence-corrected chi connectivity index (χ3v) is 5.99. The van der Waals surface area contributed by atoms with Gasteiger partial charge in [-0.15, -0.1) is 11.3 Å². The van der Waals surface area contributed by atoms with E-state index in [9.17, 15) is 4.79 Å². The molecule has 0 aliphatic carbocycles. The Hall–Kier alpha value is -1.43. The summed E-state index contributed by atoms with van der Waals surface area (Å²) in [4.78, 5) is 18.3. The van der Waals surface area contributed by atoms with E-state index in [-0.39, 0.29) is 5.56 Å². The number of rotatable bonds is 5. The first-order valence-electron chi connectivity index (χ1n) is 8.63. The van der Waals surface area contributed by atoms with Crippen LogP contribution in [-0.4, -0.2) is 34.0 Å². The number of aromatic carboxylic acids is 1. The minimum Gasteiger partial charge on any atom is -0.478 e. The molecule has 1 unspecified atom stereocenters. The van der Waals surface area contributed by atoms with Gasteiger partial charge in [-0.25, -0.2) is 9.78 Å². The first-order chi connectivity index (χ1) is 11.9. The van der Waals surface area contributed by atoms with Crippen LogP contribution in [0.4, 0.5) is 0 Å². The van der Waals surface area contributed by atoms with Gasteiger partial charge in [0.15, 0.2) is 0 Å². The van der Waals surface area contributed by atoms with Crippen LogP contribution in [0.3, 0.4) is 0 Å². The van der Waals surface area contributed by atoms with Crippen molar-refractivity contribution in [2.75, 3.05) is 13.1 Å². The van der Waals surface area contributed by atoms with E-state index in [4.69, 9.17) is 21.7 Å². The maximum Gasteiger partial charge on any atom is 0.337 e. The molecule has 1 aromatic heterocycles. The van der Waals surface area contributed by atoms with E-state index in [1.807, 2.05) is 6.07 Å². The molecular weight excluding hydrogens is 356 g/mol. The standard InChI is InChI=1S/C19H23ClN2O2S/c1-12(2)17-11-25-18(21-17)14-4-3-7-22(10-14)9-13-5-6-15(19(23)24)16(20)8-13/h5-6,8,11-12,14H,3-4,7,9-10H2,1-2H3,(H,23,24). The number of hydrogen-bond acceptors (Lipinski definition) is 4. The summed E-state index contributed by atoms with van der Waals surface area (Å²) in [6.45, 7) is 7.19. The van der Waals surface area contributed by atoms with Gasteiger partial charge in [-0.1, -0.05) is 31.5 Å². The van der Waals surface area contributed by atoms with Gasteiger partial charge in [0.05, 0.1) is 21.3 Å². The van der Waals surface area contributed by atoms with Crippen LogP contribution in [0.5, 0.6) is 0 Å². The summed E-state index contributed by atoms with van der Waals surface area (Å²) in [6.07, 6.45) is 2.34. The molecule has 0 saturated carbocycles. The lowest BCUT2D eigenvalue weighted by molar-refractivity contribution is 0.0697. The zero-order chi connectivity index (χ0) is 18.0. The van der Waals surface area contributed by atoms with Crippen LogP contribution in [0.25, 0.3) is 0 Å². The summed E-state index contributed by atoms with van der Waals surface area (Å²) in [7, 11) is 0. The van der Waals surface area contributed by atoms with Crippen LogP contribution in [0.15, 0.2) is 23.6 Å². The molecule has 4 nitrogen and oxygen atoms in total. The Balaban J connectivity index is 1.67. The Morgan fingerprint density at radius 2 is 2.28 bits per heavy atom. The van der Waals surface area contributed by atoms with E-state index in [1.165, 1.54) is 17.1 Å². The fourth-order valence-corrected chi connectivity index (χ4v) is 4.64. The lowest BCUT2D eigenvalue weighted by atomic mass is 9.98. The Morgan fingerprint density at radius 1 is 1.48 bits per heavy atom. The predicted molar refractivity (Wildman–Crippen MR) is 102 cm³/mol. The summed E-state index contributed by atoms with van der Waals surface area (Å²) < 4.78 is 0. The minimum atomic E-state index is -0.987. The smallest absolute Gasteiger partial charge is 0.337 e. The second-order valence-corrected chi connectivity index (χ2v) is 8.26. The third-order valence-electron chi connectivity index (χ3n) is 4.66. The Kier molecular flexibility index (Phi) is 5.77. The van der Waals surface area contributed by atoms with Crippen molar-refractivity contribution in [1.82, 2.24) is 9.88 Å². The molecule has 0 spiro atoms. The monoisotopic (exact) mass is 378 g/mol. The van der Waals surface area contributed by atoms with Gasteiger partial charge in [0.2, 0.25) is 0 Å². The number of hydrogen-bond donors (Lipinski definition) is 1. The lowest BCUT2D eigenvalue weighted by Crippen LogP contribution is -2.33. The quantitative estimate of drug-likeness (QED) is 0.795. The van der Waals surface area contributed by atoms with E-state index in [2.05, 4.69) is 24.1 Å². The predicted octanol–water partition coefficient (Wildman–Crippen LogP) is 5.00. The molecule has 1 saturated heterocycles. The van der Waals surface area contributed by atoms with E-state index in [1.54, 1.807) is 23.5 Å². The number of carboxylic acid groups (broad SMARTS) is 1. The highest BCUT2D eigenvalue weighted by atomic mass is 35.5. The number of carboxylic acids is 1. The van der Waals surface area contributed by atoms with Gasteiger partial charge < -0.3 is 5.11 Å². The molecular formula is C19H23ClN2O2S. The molecule has 2 aromatic rings. The van der Waals surface area contributed by atoms with Crippen molar-refractivity contribution in [3.63, 3.8) is 0 Å². The van der Waals surface area contributed by atoms with Gasteiger partial charge >= 0.3 is 5.97 Å². The molecule has 2 heterocycles. The first-order valence-corrected chi connectivity index (χ1v) is 9.89. The highest BCUT2D eigenvalue weighted by molar-refractivity contribution is 7.09. The summed E-state index contributed by atoms with van der Waals surface area (Å²) in [5, 5.41) is 12.8. The zero-order valence-electron chi connectivity index (χ0n) is 14.5. The Bertz CT molecular complexity index is 760. The number of aromatic nitrogens is 1. The Morgan fingerprint density at radius 3 is 2.92 bits per heavy atom. The van der Waals surface area contributed by atoms with Gasteiger partial charge in [0.25, 0.3) is 0 Å². The molecule has 1 fully saturated rings. The number of nitrogens with zero attached hydrogens (tertiary/aromatic N) is 2. The number of benzene rings is 1. The summed E-state index contributed by atoms with van der Waals surface area (Å²) in [5.41, 5.74) is 2.40. The van der Waals surface area contributed by atoms with E-state index in [0.29, 0.717) is 16.9 Å². The van der Waals surface area contributed by atoms with Gasteiger partial charge in [0, 0.05) is 24.4 Å². The van der Waals surface area contributed by atoms with Crippen molar-refractivity contribution in [2.24, 2.45) is 0 Å². The number of likely N-dealkylation sites (tertiary alicyclic amines) is 1. The van der Waals surface area contributed by atoms with Crippen LogP contribution in [-0.2, 0) is 6.54 Å². The molecule has 1 N–H and O–H groups in total. The van der Waals surface area contributed by atoms with Crippen LogP contribution in [0.2, 0.25) is 5.02 Å². The molecule has 1 aliphatic rings. The van der Waals surface area contributed by atoms with Crippen molar-refractivity contribution < 1.29 is 9.90 Å². The van der Waals surface area contributed by atoms with Gasteiger partial charge in [-0.2, -0.15) is 0 Å². The normalized spacial score (nSPS) is 18.6. The first kappa shape index (κ1) is 18.4. The highest BCUT2D eigenvalue weighted by Gasteiger charge is 2.24. The van der Waals surface area contributed by atoms with Crippen molar-refractivity contribution in [1.29, 1.82) is 0 Å². The molecule has 1 atom stereocenters. The molecule has 134 valence electrons. The largest absolute Gasteiger partial charge is 0.478 e. The molecule has 0 radical (unpaired) electrons.